The van der Waals surface area contributed by atoms with Gasteiger partial charge in [0.2, 0.25) is 5.82 Å². The minimum Gasteiger partial charge on any atom is -0.468 e. The van der Waals surface area contributed by atoms with E-state index in [1.54, 1.807) is 12.1 Å². The summed E-state index contributed by atoms with van der Waals surface area (Å²) in [5.74, 6) is -0.600. The zero-order valence-corrected chi connectivity index (χ0v) is 16.7. The second-order valence-corrected chi connectivity index (χ2v) is 8.01. The van der Waals surface area contributed by atoms with Crippen molar-refractivity contribution in [3.63, 3.8) is 0 Å². The number of nitrogens with zero attached hydrogens (tertiary/aromatic N) is 2. The number of piperidine rings is 1. The van der Waals surface area contributed by atoms with Crippen LogP contribution >= 0.6 is 0 Å². The predicted octanol–water partition coefficient (Wildman–Crippen LogP) is 3.41. The number of ether oxygens (including phenoxy) is 1. The second kappa shape index (κ2) is 8.43. The molecule has 0 aromatic heterocycles. The SMILES string of the molecule is COC(=O)C1(N2CCC(Nc3cccc([N+](=O)OCC(C)C)c3F)CC2)CC1. The number of esters is 1. The van der Waals surface area contributed by atoms with E-state index in [2.05, 4.69) is 10.2 Å². The summed E-state index contributed by atoms with van der Waals surface area (Å²) < 4.78 is 19.7. The standard InChI is InChI=1S/C20H29FN3O4/c1-14(2)13-28-24(26)17-6-4-5-16(18(17)21)22-15-7-11-23(12-8-15)20(9-10-20)19(25)27-3/h4-6,14-15,22H,7-13H2,1-3H3/q+1. The number of methoxy groups -OCH3 is 1. The summed E-state index contributed by atoms with van der Waals surface area (Å²) in [5, 5.41) is 3.21. The minimum atomic E-state index is -0.614. The number of benzene rings is 1. The summed E-state index contributed by atoms with van der Waals surface area (Å²) >= 11 is 0. The van der Waals surface area contributed by atoms with Crippen LogP contribution in [0.5, 0.6) is 0 Å². The minimum absolute atomic E-state index is 0.0751. The van der Waals surface area contributed by atoms with E-state index in [9.17, 15) is 14.1 Å². The van der Waals surface area contributed by atoms with E-state index < -0.39 is 11.4 Å². The molecule has 2 fully saturated rings. The maximum absolute atomic E-state index is 14.8. The highest BCUT2D eigenvalue weighted by atomic mass is 19.1. The molecule has 1 saturated heterocycles. The van der Waals surface area contributed by atoms with E-state index in [1.807, 2.05) is 13.8 Å². The van der Waals surface area contributed by atoms with E-state index in [0.29, 0.717) is 5.69 Å². The van der Waals surface area contributed by atoms with Crippen molar-refractivity contribution in [1.82, 2.24) is 4.90 Å². The molecular weight excluding hydrogens is 365 g/mol. The fourth-order valence-electron chi connectivity index (χ4n) is 3.69. The summed E-state index contributed by atoms with van der Waals surface area (Å²) in [5.41, 5.74) is -0.286. The molecule has 0 bridgehead atoms. The normalized spacial score (nSPS) is 19.3. The van der Waals surface area contributed by atoms with Crippen molar-refractivity contribution < 1.29 is 23.7 Å². The Kier molecular flexibility index (Phi) is 6.17. The molecule has 0 atom stereocenters. The number of carbonyl (C=O) groups is 1. The van der Waals surface area contributed by atoms with Gasteiger partial charge in [-0.25, -0.2) is 4.84 Å². The first kappa shape index (κ1) is 20.5. The number of hydrogen-bond acceptors (Lipinski definition) is 6. The molecule has 8 heteroatoms. The van der Waals surface area contributed by atoms with Crippen molar-refractivity contribution in [2.75, 3.05) is 32.1 Å². The lowest BCUT2D eigenvalue weighted by Crippen LogP contribution is -2.50. The molecule has 0 amide bonds. The monoisotopic (exact) mass is 394 g/mol. The van der Waals surface area contributed by atoms with Gasteiger partial charge in [-0.05, 0) is 37.7 Å². The van der Waals surface area contributed by atoms with Crippen molar-refractivity contribution >= 4 is 17.3 Å². The Hall–Kier alpha value is -2.22. The topological polar surface area (TPSA) is 70.9 Å². The van der Waals surface area contributed by atoms with Crippen LogP contribution in [0.4, 0.5) is 15.8 Å². The van der Waals surface area contributed by atoms with Gasteiger partial charge in [-0.15, -0.1) is 0 Å². The second-order valence-electron chi connectivity index (χ2n) is 8.01. The molecule has 154 valence electrons. The summed E-state index contributed by atoms with van der Waals surface area (Å²) in [7, 11) is 1.43. The van der Waals surface area contributed by atoms with E-state index in [4.69, 9.17) is 9.57 Å². The Labute approximate surface area is 164 Å². The van der Waals surface area contributed by atoms with E-state index in [0.717, 1.165) is 38.8 Å². The molecule has 1 aromatic carbocycles. The van der Waals surface area contributed by atoms with Gasteiger partial charge in [0.05, 0.1) is 17.7 Å². The van der Waals surface area contributed by atoms with Crippen LogP contribution in [0.1, 0.15) is 39.5 Å². The number of anilines is 1. The Bertz CT molecular complexity index is 728. The number of likely N-dealkylation sites (tertiary alicyclic amines) is 1. The van der Waals surface area contributed by atoms with Crippen molar-refractivity contribution in [3.8, 4) is 0 Å². The molecule has 28 heavy (non-hydrogen) atoms. The van der Waals surface area contributed by atoms with Gasteiger partial charge < -0.3 is 10.1 Å². The molecule has 1 N–H and O–H groups in total. The van der Waals surface area contributed by atoms with Crippen LogP contribution in [0, 0.1) is 16.6 Å². The average molecular weight is 394 g/mol. The molecule has 0 radical (unpaired) electrons. The van der Waals surface area contributed by atoms with Gasteiger partial charge in [-0.2, -0.15) is 4.39 Å². The predicted molar refractivity (Wildman–Crippen MR) is 103 cm³/mol. The maximum atomic E-state index is 14.8. The van der Waals surface area contributed by atoms with Gasteiger partial charge >= 0.3 is 11.7 Å². The zero-order valence-electron chi connectivity index (χ0n) is 16.7. The third-order valence-corrected chi connectivity index (χ3v) is 5.45. The Morgan fingerprint density at radius 1 is 1.36 bits per heavy atom. The van der Waals surface area contributed by atoms with Gasteiger partial charge in [0.1, 0.15) is 5.54 Å². The highest BCUT2D eigenvalue weighted by molar-refractivity contribution is 5.84. The first-order valence-electron chi connectivity index (χ1n) is 9.86. The molecule has 1 aliphatic heterocycles. The number of carbonyl (C=O) groups excluding carboxylic acids is 1. The molecule has 1 saturated carbocycles. The quantitative estimate of drug-likeness (QED) is 0.538. The van der Waals surface area contributed by atoms with Crippen molar-refractivity contribution in [2.24, 2.45) is 5.92 Å². The van der Waals surface area contributed by atoms with Crippen LogP contribution in [-0.2, 0) is 14.4 Å². The van der Waals surface area contributed by atoms with E-state index >= 15 is 0 Å². The lowest BCUT2D eigenvalue weighted by atomic mass is 10.0. The highest BCUT2D eigenvalue weighted by Gasteiger charge is 2.56. The largest absolute Gasteiger partial charge is 0.468 e. The molecule has 1 heterocycles. The molecule has 2 aliphatic rings. The van der Waals surface area contributed by atoms with Crippen molar-refractivity contribution in [1.29, 1.82) is 0 Å². The molecule has 7 nitrogen and oxygen atoms in total. The molecule has 1 aliphatic carbocycles. The van der Waals surface area contributed by atoms with Gasteiger partial charge in [0, 0.05) is 25.2 Å². The summed E-state index contributed by atoms with van der Waals surface area (Å²) in [4.78, 5) is 31.6. The average Bonchev–Trinajstić information content (AvgIpc) is 3.49. The van der Waals surface area contributed by atoms with Gasteiger partial charge in [-0.3, -0.25) is 9.69 Å². The van der Waals surface area contributed by atoms with Crippen LogP contribution in [0.25, 0.3) is 0 Å². The van der Waals surface area contributed by atoms with Gasteiger partial charge in [-0.1, -0.05) is 19.9 Å². The third-order valence-electron chi connectivity index (χ3n) is 5.45. The van der Waals surface area contributed by atoms with Crippen molar-refractivity contribution in [3.05, 3.63) is 28.9 Å². The highest BCUT2D eigenvalue weighted by Crippen LogP contribution is 2.44. The molecular formula is C20H29FN3O4+. The Balaban J connectivity index is 1.59. The van der Waals surface area contributed by atoms with E-state index in [1.165, 1.54) is 13.2 Å². The van der Waals surface area contributed by atoms with Crippen LogP contribution in [-0.4, -0.2) is 54.2 Å². The molecule has 0 unspecified atom stereocenters. The molecule has 1 aromatic rings. The van der Waals surface area contributed by atoms with E-state index in [-0.39, 0.29) is 35.1 Å². The Morgan fingerprint density at radius 2 is 2.04 bits per heavy atom. The van der Waals surface area contributed by atoms with Gasteiger partial charge in [0.25, 0.3) is 4.92 Å². The zero-order chi connectivity index (χ0) is 20.3. The fourth-order valence-corrected chi connectivity index (χ4v) is 3.69. The fraction of sp³-hybridized carbons (Fsp3) is 0.650. The van der Waals surface area contributed by atoms with Gasteiger partial charge in [0.15, 0.2) is 6.61 Å². The molecule has 0 spiro atoms. The lowest BCUT2D eigenvalue weighted by molar-refractivity contribution is -0.747. The van der Waals surface area contributed by atoms with Crippen molar-refractivity contribution in [2.45, 2.75) is 51.1 Å². The smallest absolute Gasteiger partial charge is 0.354 e. The number of rotatable bonds is 8. The molecule has 3 rings (SSSR count). The number of nitrogens with one attached hydrogen (secondary N) is 1. The van der Waals surface area contributed by atoms with Crippen LogP contribution in [0.3, 0.4) is 0 Å². The first-order chi connectivity index (χ1) is 13.4. The Morgan fingerprint density at radius 3 is 2.61 bits per heavy atom. The number of hydrogen-bond donors (Lipinski definition) is 1. The number of halogens is 1. The lowest BCUT2D eigenvalue weighted by Gasteiger charge is -2.37. The summed E-state index contributed by atoms with van der Waals surface area (Å²) in [6.07, 6.45) is 3.25. The van der Waals surface area contributed by atoms with Crippen LogP contribution < -0.4 is 5.32 Å². The summed E-state index contributed by atoms with van der Waals surface area (Å²) in [6, 6.07) is 4.74. The first-order valence-corrected chi connectivity index (χ1v) is 9.86. The third kappa shape index (κ3) is 4.27. The summed E-state index contributed by atoms with van der Waals surface area (Å²) in [6.45, 7) is 5.56. The maximum Gasteiger partial charge on any atom is 0.354 e. The van der Waals surface area contributed by atoms with Crippen LogP contribution in [0.15, 0.2) is 18.2 Å². The van der Waals surface area contributed by atoms with Crippen LogP contribution in [0.2, 0.25) is 0 Å².